The van der Waals surface area contributed by atoms with Crippen LogP contribution in [0.2, 0.25) is 5.02 Å². The maximum absolute atomic E-state index is 6.24. The van der Waals surface area contributed by atoms with Crippen molar-refractivity contribution in [3.8, 4) is 0 Å². The first-order valence-electron chi connectivity index (χ1n) is 6.20. The van der Waals surface area contributed by atoms with Crippen molar-refractivity contribution in [2.75, 3.05) is 25.0 Å². The lowest BCUT2D eigenvalue weighted by Crippen LogP contribution is -2.31. The van der Waals surface area contributed by atoms with E-state index in [1.54, 1.807) is 0 Å². The number of hydrogen-bond donors (Lipinski definition) is 2. The van der Waals surface area contributed by atoms with Crippen LogP contribution in [-0.4, -0.2) is 28.4 Å². The number of nitrogens with one attached hydrogen (secondary N) is 2. The van der Waals surface area contributed by atoms with Crippen LogP contribution in [-0.2, 0) is 0 Å². The minimum absolute atomic E-state index is 0.712. The van der Waals surface area contributed by atoms with Crippen molar-refractivity contribution in [3.63, 3.8) is 0 Å². The van der Waals surface area contributed by atoms with E-state index >= 15 is 0 Å². The Balaban J connectivity index is 1.76. The van der Waals surface area contributed by atoms with E-state index in [1.807, 2.05) is 12.1 Å². The number of piperidine rings is 1. The Labute approximate surface area is 115 Å². The molecule has 0 saturated carbocycles. The zero-order valence-corrected chi connectivity index (χ0v) is 11.5. The number of hydrogen-bond acceptors (Lipinski definition) is 5. The van der Waals surface area contributed by atoms with Crippen molar-refractivity contribution in [1.29, 1.82) is 0 Å². The average molecular weight is 283 g/mol. The van der Waals surface area contributed by atoms with Crippen LogP contribution in [0.5, 0.6) is 0 Å². The van der Waals surface area contributed by atoms with Crippen LogP contribution in [0.4, 0.5) is 5.69 Å². The molecule has 2 aromatic rings. The summed E-state index contributed by atoms with van der Waals surface area (Å²) in [5, 5.41) is 7.56. The van der Waals surface area contributed by atoms with Gasteiger partial charge >= 0.3 is 0 Å². The Hall–Kier alpha value is -0.910. The fourth-order valence-corrected chi connectivity index (χ4v) is 3.09. The summed E-state index contributed by atoms with van der Waals surface area (Å²) in [5.74, 6) is 0.712. The van der Waals surface area contributed by atoms with Gasteiger partial charge in [-0.2, -0.15) is 8.75 Å². The first kappa shape index (κ1) is 12.1. The number of anilines is 1. The molecule has 6 heteroatoms. The summed E-state index contributed by atoms with van der Waals surface area (Å²) >= 11 is 7.47. The lowest BCUT2D eigenvalue weighted by atomic mass is 9.98. The predicted molar refractivity (Wildman–Crippen MR) is 76.5 cm³/mol. The first-order chi connectivity index (χ1) is 8.84. The van der Waals surface area contributed by atoms with Crippen LogP contribution < -0.4 is 10.6 Å². The molecule has 0 spiro atoms. The summed E-state index contributed by atoms with van der Waals surface area (Å²) in [6.07, 6.45) is 2.44. The van der Waals surface area contributed by atoms with Crippen LogP contribution in [0.15, 0.2) is 12.1 Å². The normalized spacial score (nSPS) is 17.2. The van der Waals surface area contributed by atoms with E-state index in [9.17, 15) is 0 Å². The number of nitrogens with zero attached hydrogens (tertiary/aromatic N) is 2. The van der Waals surface area contributed by atoms with E-state index in [4.69, 9.17) is 11.6 Å². The molecule has 18 heavy (non-hydrogen) atoms. The van der Waals surface area contributed by atoms with Crippen LogP contribution in [0.25, 0.3) is 11.0 Å². The van der Waals surface area contributed by atoms with Gasteiger partial charge in [-0.3, -0.25) is 0 Å². The molecule has 1 aromatic carbocycles. The quantitative estimate of drug-likeness (QED) is 0.909. The highest BCUT2D eigenvalue weighted by atomic mass is 35.5. The minimum Gasteiger partial charge on any atom is -0.382 e. The standard InChI is InChI=1S/C12H15ClN4S/c13-9-1-2-10-12(17-18-16-10)11(9)15-7-8-3-5-14-6-4-8/h1-2,8,14-15H,3-7H2. The smallest absolute Gasteiger partial charge is 0.129 e. The third-order valence-corrected chi connectivity index (χ3v) is 4.26. The first-order valence-corrected chi connectivity index (χ1v) is 7.31. The van der Waals surface area contributed by atoms with Gasteiger partial charge in [-0.25, -0.2) is 0 Å². The van der Waals surface area contributed by atoms with Crippen LogP contribution >= 0.6 is 23.3 Å². The van der Waals surface area contributed by atoms with Crippen molar-refractivity contribution in [2.45, 2.75) is 12.8 Å². The number of aromatic nitrogens is 2. The SMILES string of the molecule is Clc1ccc2nsnc2c1NCC1CCNCC1. The molecule has 96 valence electrons. The summed E-state index contributed by atoms with van der Waals surface area (Å²) in [5.41, 5.74) is 2.74. The summed E-state index contributed by atoms with van der Waals surface area (Å²) in [6.45, 7) is 3.18. The summed E-state index contributed by atoms with van der Waals surface area (Å²) in [4.78, 5) is 0. The van der Waals surface area contributed by atoms with Gasteiger partial charge in [0.1, 0.15) is 11.0 Å². The van der Waals surface area contributed by atoms with Crippen LogP contribution in [0.1, 0.15) is 12.8 Å². The Morgan fingerprint density at radius 2 is 2.17 bits per heavy atom. The topological polar surface area (TPSA) is 49.8 Å². The van der Waals surface area contributed by atoms with Gasteiger partial charge in [-0.1, -0.05) is 11.6 Å². The minimum atomic E-state index is 0.712. The Bertz CT molecular complexity index is 536. The van der Waals surface area contributed by atoms with Gasteiger partial charge in [0, 0.05) is 6.54 Å². The van der Waals surface area contributed by atoms with Crippen molar-refractivity contribution < 1.29 is 0 Å². The van der Waals surface area contributed by atoms with Crippen molar-refractivity contribution >= 4 is 40.0 Å². The molecule has 1 saturated heterocycles. The van der Waals surface area contributed by atoms with Gasteiger partial charge in [0.15, 0.2) is 0 Å². The molecule has 1 aliphatic heterocycles. The molecule has 3 rings (SSSR count). The van der Waals surface area contributed by atoms with Gasteiger partial charge in [-0.05, 0) is 44.0 Å². The molecule has 1 fully saturated rings. The molecule has 2 heterocycles. The molecule has 0 atom stereocenters. The van der Waals surface area contributed by atoms with Crippen LogP contribution in [0.3, 0.4) is 0 Å². The maximum Gasteiger partial charge on any atom is 0.129 e. The second-order valence-electron chi connectivity index (χ2n) is 4.63. The molecule has 4 nitrogen and oxygen atoms in total. The van der Waals surface area contributed by atoms with E-state index in [-0.39, 0.29) is 0 Å². The number of fused-ring (bicyclic) bond motifs is 1. The molecule has 0 unspecified atom stereocenters. The number of rotatable bonds is 3. The monoisotopic (exact) mass is 282 g/mol. The zero-order chi connectivity index (χ0) is 12.4. The highest BCUT2D eigenvalue weighted by Crippen LogP contribution is 2.30. The van der Waals surface area contributed by atoms with Crippen molar-refractivity contribution in [3.05, 3.63) is 17.2 Å². The summed E-state index contributed by atoms with van der Waals surface area (Å²) in [6, 6.07) is 3.80. The molecule has 1 aliphatic rings. The number of halogens is 1. The van der Waals surface area contributed by atoms with E-state index in [0.717, 1.165) is 41.4 Å². The fourth-order valence-electron chi connectivity index (χ4n) is 2.33. The Kier molecular flexibility index (Phi) is 3.63. The highest BCUT2D eigenvalue weighted by molar-refractivity contribution is 7.00. The fraction of sp³-hybridized carbons (Fsp3) is 0.500. The van der Waals surface area contributed by atoms with Gasteiger partial charge in [0.2, 0.25) is 0 Å². The van der Waals surface area contributed by atoms with E-state index in [1.165, 1.54) is 24.6 Å². The third-order valence-electron chi connectivity index (χ3n) is 3.40. The molecule has 0 amide bonds. The summed E-state index contributed by atoms with van der Waals surface area (Å²) < 4.78 is 8.55. The Morgan fingerprint density at radius 1 is 1.33 bits per heavy atom. The third kappa shape index (κ3) is 2.43. The van der Waals surface area contributed by atoms with Crippen LogP contribution in [0, 0.1) is 5.92 Å². The Morgan fingerprint density at radius 3 is 3.00 bits per heavy atom. The molecular weight excluding hydrogens is 268 g/mol. The molecule has 0 bridgehead atoms. The van der Waals surface area contributed by atoms with Gasteiger partial charge in [0.05, 0.1) is 22.4 Å². The predicted octanol–water partition coefficient (Wildman–Crippen LogP) is 2.76. The van der Waals surface area contributed by atoms with Gasteiger partial charge < -0.3 is 10.6 Å². The van der Waals surface area contributed by atoms with E-state index in [2.05, 4.69) is 19.4 Å². The number of benzene rings is 1. The zero-order valence-electron chi connectivity index (χ0n) is 9.95. The molecule has 1 aromatic heterocycles. The van der Waals surface area contributed by atoms with Gasteiger partial charge in [0.25, 0.3) is 0 Å². The van der Waals surface area contributed by atoms with Crippen molar-refractivity contribution in [2.24, 2.45) is 5.92 Å². The maximum atomic E-state index is 6.24. The second-order valence-corrected chi connectivity index (χ2v) is 5.56. The molecule has 0 aliphatic carbocycles. The largest absolute Gasteiger partial charge is 0.382 e. The molecule has 0 radical (unpaired) electrons. The summed E-state index contributed by atoms with van der Waals surface area (Å²) in [7, 11) is 0. The second kappa shape index (κ2) is 5.38. The lowest BCUT2D eigenvalue weighted by Gasteiger charge is -2.23. The van der Waals surface area contributed by atoms with Crippen molar-refractivity contribution in [1.82, 2.24) is 14.1 Å². The average Bonchev–Trinajstić information content (AvgIpc) is 2.87. The molecule has 2 N–H and O–H groups in total. The van der Waals surface area contributed by atoms with Gasteiger partial charge in [-0.15, -0.1) is 0 Å². The molecular formula is C12H15ClN4S. The van der Waals surface area contributed by atoms with E-state index < -0.39 is 0 Å². The van der Waals surface area contributed by atoms with E-state index in [0.29, 0.717) is 5.92 Å². The lowest BCUT2D eigenvalue weighted by molar-refractivity contribution is 0.390. The highest BCUT2D eigenvalue weighted by Gasteiger charge is 2.15.